The number of carbonyl (C=O) groups excluding carboxylic acids is 2. The van der Waals surface area contributed by atoms with Crippen LogP contribution in [0.4, 0.5) is 0 Å². The number of esters is 2. The molecule has 0 bridgehead atoms. The van der Waals surface area contributed by atoms with Crippen molar-refractivity contribution in [2.24, 2.45) is 0 Å². The molecular formula is C20H38NaO7S. The smallest absolute Gasteiger partial charge is 0.327 e. The molecule has 1 radical (unpaired) electrons. The predicted molar refractivity (Wildman–Crippen MR) is 114 cm³/mol. The molecule has 0 aromatic carbocycles. The van der Waals surface area contributed by atoms with Crippen LogP contribution in [0.1, 0.15) is 98.3 Å². The summed E-state index contributed by atoms with van der Waals surface area (Å²) in [6.07, 6.45) is 7.83. The van der Waals surface area contributed by atoms with Crippen LogP contribution in [0.2, 0.25) is 0 Å². The summed E-state index contributed by atoms with van der Waals surface area (Å²) < 4.78 is 42.8. The summed E-state index contributed by atoms with van der Waals surface area (Å²) >= 11 is 0. The predicted octanol–water partition coefficient (Wildman–Crippen LogP) is 4.06. The first-order chi connectivity index (χ1) is 13.1. The SMILES string of the molecule is CCCCCCC(C)OC(=O)CC(C(=O)OC(C)CCCCCC)S(=O)(=O)O.[Na]. The average molecular weight is 446 g/mol. The molecule has 0 saturated heterocycles. The van der Waals surface area contributed by atoms with Crippen molar-refractivity contribution in [1.29, 1.82) is 0 Å². The van der Waals surface area contributed by atoms with Crippen LogP contribution in [0, 0.1) is 0 Å². The van der Waals surface area contributed by atoms with E-state index < -0.39 is 39.8 Å². The van der Waals surface area contributed by atoms with Crippen LogP contribution in [0.5, 0.6) is 0 Å². The molecule has 0 saturated carbocycles. The van der Waals surface area contributed by atoms with Crippen LogP contribution in [0.15, 0.2) is 0 Å². The van der Waals surface area contributed by atoms with E-state index in [4.69, 9.17) is 9.47 Å². The summed E-state index contributed by atoms with van der Waals surface area (Å²) in [6.45, 7) is 7.58. The molecule has 167 valence electrons. The molecular weight excluding hydrogens is 407 g/mol. The molecule has 0 aromatic heterocycles. The molecule has 1 N–H and O–H groups in total. The van der Waals surface area contributed by atoms with Gasteiger partial charge in [-0.25, -0.2) is 0 Å². The number of carbonyl (C=O) groups is 2. The molecule has 3 atom stereocenters. The molecule has 0 spiro atoms. The van der Waals surface area contributed by atoms with E-state index in [0.717, 1.165) is 51.4 Å². The van der Waals surface area contributed by atoms with Crippen LogP contribution < -0.4 is 0 Å². The molecule has 0 aliphatic heterocycles. The Morgan fingerprint density at radius 1 is 0.828 bits per heavy atom. The Balaban J connectivity index is 0. The summed E-state index contributed by atoms with van der Waals surface area (Å²) in [5.41, 5.74) is 0. The van der Waals surface area contributed by atoms with E-state index in [2.05, 4.69) is 13.8 Å². The van der Waals surface area contributed by atoms with Gasteiger partial charge in [0.1, 0.15) is 0 Å². The monoisotopic (exact) mass is 445 g/mol. The summed E-state index contributed by atoms with van der Waals surface area (Å²) in [7, 11) is -4.77. The van der Waals surface area contributed by atoms with E-state index in [1.165, 1.54) is 0 Å². The Bertz CT molecular complexity index is 551. The van der Waals surface area contributed by atoms with Gasteiger partial charge in [-0.1, -0.05) is 52.4 Å². The fourth-order valence-electron chi connectivity index (χ4n) is 2.84. The maximum Gasteiger partial charge on any atom is 0.327 e. The van der Waals surface area contributed by atoms with Gasteiger partial charge in [0, 0.05) is 29.6 Å². The number of unbranched alkanes of at least 4 members (excludes halogenated alkanes) is 6. The molecule has 0 aliphatic rings. The largest absolute Gasteiger partial charge is 0.463 e. The molecule has 0 amide bonds. The zero-order chi connectivity index (χ0) is 21.6. The molecule has 9 heteroatoms. The van der Waals surface area contributed by atoms with E-state index in [9.17, 15) is 22.6 Å². The first-order valence-electron chi connectivity index (χ1n) is 10.5. The molecule has 7 nitrogen and oxygen atoms in total. The van der Waals surface area contributed by atoms with E-state index in [1.807, 2.05) is 0 Å². The van der Waals surface area contributed by atoms with Gasteiger partial charge < -0.3 is 9.47 Å². The number of ether oxygens (including phenoxy) is 2. The fraction of sp³-hybridized carbons (Fsp3) is 0.900. The average Bonchev–Trinajstić information content (AvgIpc) is 2.59. The van der Waals surface area contributed by atoms with Gasteiger partial charge in [-0.05, 0) is 39.5 Å². The van der Waals surface area contributed by atoms with Gasteiger partial charge in [0.15, 0.2) is 5.25 Å². The summed E-state index contributed by atoms with van der Waals surface area (Å²) in [5.74, 6) is -1.95. The maximum atomic E-state index is 12.2. The summed E-state index contributed by atoms with van der Waals surface area (Å²) in [4.78, 5) is 24.2. The Hall–Kier alpha value is -0.150. The molecule has 0 aliphatic carbocycles. The second-order valence-corrected chi connectivity index (χ2v) is 9.05. The van der Waals surface area contributed by atoms with Crippen molar-refractivity contribution in [3.63, 3.8) is 0 Å². The van der Waals surface area contributed by atoms with Crippen molar-refractivity contribution in [3.8, 4) is 0 Å². The quantitative estimate of drug-likeness (QED) is 0.165. The first-order valence-corrected chi connectivity index (χ1v) is 12.0. The van der Waals surface area contributed by atoms with E-state index >= 15 is 0 Å². The minimum absolute atomic E-state index is 0. The molecule has 0 rings (SSSR count). The van der Waals surface area contributed by atoms with E-state index in [1.54, 1.807) is 13.8 Å². The van der Waals surface area contributed by atoms with Gasteiger partial charge in [0.05, 0.1) is 18.6 Å². The van der Waals surface area contributed by atoms with Crippen molar-refractivity contribution in [2.75, 3.05) is 0 Å². The van der Waals surface area contributed by atoms with Crippen LogP contribution in [-0.2, 0) is 29.2 Å². The first kappa shape index (κ1) is 31.0. The third kappa shape index (κ3) is 16.2. The van der Waals surface area contributed by atoms with Gasteiger partial charge in [-0.2, -0.15) is 8.42 Å². The Morgan fingerprint density at radius 3 is 1.69 bits per heavy atom. The summed E-state index contributed by atoms with van der Waals surface area (Å²) in [6, 6.07) is 0. The van der Waals surface area contributed by atoms with Crippen LogP contribution in [-0.4, -0.2) is 71.9 Å². The minimum atomic E-state index is -4.77. The molecule has 0 aromatic rings. The van der Waals surface area contributed by atoms with Crippen LogP contribution in [0.25, 0.3) is 0 Å². The Morgan fingerprint density at radius 2 is 1.28 bits per heavy atom. The van der Waals surface area contributed by atoms with Gasteiger partial charge in [0.2, 0.25) is 0 Å². The van der Waals surface area contributed by atoms with Crippen LogP contribution >= 0.6 is 0 Å². The zero-order valence-electron chi connectivity index (χ0n) is 18.8. The van der Waals surface area contributed by atoms with Crippen molar-refractivity contribution in [2.45, 2.75) is 116 Å². The molecule has 0 fully saturated rings. The van der Waals surface area contributed by atoms with Crippen molar-refractivity contribution < 1.29 is 32.0 Å². The van der Waals surface area contributed by atoms with Crippen LogP contribution in [0.3, 0.4) is 0 Å². The maximum absolute atomic E-state index is 12.2. The zero-order valence-corrected chi connectivity index (χ0v) is 21.6. The number of hydrogen-bond donors (Lipinski definition) is 1. The van der Waals surface area contributed by atoms with E-state index in [0.29, 0.717) is 12.8 Å². The minimum Gasteiger partial charge on any atom is -0.463 e. The number of rotatable bonds is 16. The molecule has 0 heterocycles. The second kappa shape index (κ2) is 17.5. The van der Waals surface area contributed by atoms with Crippen molar-refractivity contribution in [1.82, 2.24) is 0 Å². The van der Waals surface area contributed by atoms with Crippen molar-refractivity contribution >= 4 is 51.6 Å². The Kier molecular flexibility index (Phi) is 18.8. The fourth-order valence-corrected chi connectivity index (χ4v) is 3.49. The third-order valence-electron chi connectivity index (χ3n) is 4.55. The van der Waals surface area contributed by atoms with Gasteiger partial charge in [0.25, 0.3) is 10.1 Å². The summed E-state index contributed by atoms with van der Waals surface area (Å²) in [5, 5.41) is -1.95. The number of hydrogen-bond acceptors (Lipinski definition) is 6. The topological polar surface area (TPSA) is 107 Å². The third-order valence-corrected chi connectivity index (χ3v) is 5.63. The standard InChI is InChI=1S/C20H38O7S.Na/c1-5-7-9-11-13-16(3)26-19(21)15-18(28(23,24)25)20(22)27-17(4)14-12-10-8-6-2;/h16-18H,5-15H2,1-4H3,(H,23,24,25);. The van der Waals surface area contributed by atoms with Gasteiger partial charge in [-0.15, -0.1) is 0 Å². The van der Waals surface area contributed by atoms with Gasteiger partial charge in [-0.3, -0.25) is 14.1 Å². The normalized spacial score (nSPS) is 14.4. The second-order valence-electron chi connectivity index (χ2n) is 7.45. The van der Waals surface area contributed by atoms with Gasteiger partial charge >= 0.3 is 11.9 Å². The van der Waals surface area contributed by atoms with E-state index in [-0.39, 0.29) is 35.7 Å². The Labute approximate surface area is 198 Å². The van der Waals surface area contributed by atoms with Crippen molar-refractivity contribution in [3.05, 3.63) is 0 Å². The molecule has 29 heavy (non-hydrogen) atoms. The molecule has 3 unspecified atom stereocenters.